The van der Waals surface area contributed by atoms with Gasteiger partial charge in [-0.15, -0.1) is 0 Å². The normalized spacial score (nSPS) is 11.4. The van der Waals surface area contributed by atoms with E-state index in [0.29, 0.717) is 25.2 Å². The number of likely N-dealkylation sites (N-methyl/N-ethyl adjacent to an activating group) is 1. The van der Waals surface area contributed by atoms with Gasteiger partial charge in [-0.1, -0.05) is 32.0 Å². The molecule has 0 heterocycles. The standard InChI is InChI=1S/C24H33N3O5S/c1-7-27(8-2)33(30,31)21-14-9-18(3)22(15-21)24(29)32-17-23(28)26(6)16-19-10-12-20(13-11-19)25(4)5/h9-15H,7-8,16-17H2,1-6H3. The molecule has 0 aromatic heterocycles. The second kappa shape index (κ2) is 11.3. The summed E-state index contributed by atoms with van der Waals surface area (Å²) in [6.45, 7) is 5.79. The van der Waals surface area contributed by atoms with Gasteiger partial charge in [-0.05, 0) is 42.3 Å². The van der Waals surface area contributed by atoms with Crippen molar-refractivity contribution in [3.63, 3.8) is 0 Å². The number of ether oxygens (including phenoxy) is 1. The van der Waals surface area contributed by atoms with Crippen molar-refractivity contribution in [3.8, 4) is 0 Å². The minimum absolute atomic E-state index is 0.0216. The predicted molar refractivity (Wildman–Crippen MR) is 129 cm³/mol. The van der Waals surface area contributed by atoms with Gasteiger partial charge in [0.2, 0.25) is 10.0 Å². The molecule has 0 aliphatic carbocycles. The van der Waals surface area contributed by atoms with E-state index in [2.05, 4.69) is 0 Å². The highest BCUT2D eigenvalue weighted by atomic mass is 32.2. The maximum Gasteiger partial charge on any atom is 0.338 e. The molecule has 0 fully saturated rings. The fourth-order valence-corrected chi connectivity index (χ4v) is 4.76. The van der Waals surface area contributed by atoms with Crippen LogP contribution in [0.25, 0.3) is 0 Å². The van der Waals surface area contributed by atoms with E-state index in [9.17, 15) is 18.0 Å². The molecule has 8 nitrogen and oxygen atoms in total. The van der Waals surface area contributed by atoms with Gasteiger partial charge in [0.05, 0.1) is 10.5 Å². The number of carbonyl (C=O) groups is 2. The van der Waals surface area contributed by atoms with Gasteiger partial charge in [0, 0.05) is 46.5 Å². The number of rotatable bonds is 10. The molecule has 0 saturated heterocycles. The number of aryl methyl sites for hydroxylation is 1. The number of benzene rings is 2. The quantitative estimate of drug-likeness (QED) is 0.491. The molecule has 0 bridgehead atoms. The van der Waals surface area contributed by atoms with Gasteiger partial charge >= 0.3 is 5.97 Å². The molecule has 0 aliphatic heterocycles. The Balaban J connectivity index is 2.05. The Morgan fingerprint density at radius 3 is 2.09 bits per heavy atom. The summed E-state index contributed by atoms with van der Waals surface area (Å²) >= 11 is 0. The fourth-order valence-electron chi connectivity index (χ4n) is 3.27. The molecule has 0 spiro atoms. The summed E-state index contributed by atoms with van der Waals surface area (Å²) in [6.07, 6.45) is 0. The Morgan fingerprint density at radius 2 is 1.55 bits per heavy atom. The van der Waals surface area contributed by atoms with E-state index < -0.39 is 22.6 Å². The molecule has 0 radical (unpaired) electrons. The summed E-state index contributed by atoms with van der Waals surface area (Å²) in [4.78, 5) is 28.6. The lowest BCUT2D eigenvalue weighted by Crippen LogP contribution is -2.31. The van der Waals surface area contributed by atoms with Crippen LogP contribution in [0.4, 0.5) is 5.69 Å². The van der Waals surface area contributed by atoms with E-state index in [-0.39, 0.29) is 16.4 Å². The van der Waals surface area contributed by atoms with Crippen molar-refractivity contribution in [1.29, 1.82) is 0 Å². The Kier molecular flexibility index (Phi) is 9.01. The predicted octanol–water partition coefficient (Wildman–Crippen LogP) is 2.91. The van der Waals surface area contributed by atoms with Crippen LogP contribution in [0, 0.1) is 6.92 Å². The summed E-state index contributed by atoms with van der Waals surface area (Å²) < 4.78 is 32.1. The van der Waals surface area contributed by atoms with E-state index >= 15 is 0 Å². The molecule has 1 amide bonds. The van der Waals surface area contributed by atoms with E-state index in [4.69, 9.17) is 4.74 Å². The SMILES string of the molecule is CCN(CC)S(=O)(=O)c1ccc(C)c(C(=O)OCC(=O)N(C)Cc2ccc(N(C)C)cc2)c1. The first-order valence-corrected chi connectivity index (χ1v) is 12.2. The van der Waals surface area contributed by atoms with Crippen molar-refractivity contribution in [2.75, 3.05) is 45.7 Å². The Labute approximate surface area is 196 Å². The van der Waals surface area contributed by atoms with Gasteiger partial charge < -0.3 is 14.5 Å². The smallest absolute Gasteiger partial charge is 0.338 e. The molecular formula is C24H33N3O5S. The molecule has 180 valence electrons. The highest BCUT2D eigenvalue weighted by molar-refractivity contribution is 7.89. The molecular weight excluding hydrogens is 442 g/mol. The third kappa shape index (κ3) is 6.55. The topological polar surface area (TPSA) is 87.2 Å². The summed E-state index contributed by atoms with van der Waals surface area (Å²) in [5.74, 6) is -1.09. The van der Waals surface area contributed by atoms with Crippen molar-refractivity contribution in [3.05, 3.63) is 59.2 Å². The maximum atomic E-state index is 12.8. The zero-order valence-corrected chi connectivity index (χ0v) is 21.0. The molecule has 2 aromatic rings. The molecule has 0 atom stereocenters. The van der Waals surface area contributed by atoms with Crippen molar-refractivity contribution in [1.82, 2.24) is 9.21 Å². The Hall–Kier alpha value is -2.91. The number of esters is 1. The van der Waals surface area contributed by atoms with Crippen LogP contribution in [0.1, 0.15) is 35.3 Å². The first-order chi connectivity index (χ1) is 15.5. The third-order valence-corrected chi connectivity index (χ3v) is 7.44. The number of anilines is 1. The lowest BCUT2D eigenvalue weighted by atomic mass is 10.1. The number of hydrogen-bond donors (Lipinski definition) is 0. The van der Waals surface area contributed by atoms with Gasteiger partial charge in [0.25, 0.3) is 5.91 Å². The van der Waals surface area contributed by atoms with Crippen LogP contribution >= 0.6 is 0 Å². The maximum absolute atomic E-state index is 12.8. The van der Waals surface area contributed by atoms with Crippen molar-refractivity contribution in [2.45, 2.75) is 32.2 Å². The summed E-state index contributed by atoms with van der Waals surface area (Å²) in [7, 11) is 1.83. The lowest BCUT2D eigenvalue weighted by Gasteiger charge is -2.20. The minimum atomic E-state index is -3.71. The number of hydrogen-bond acceptors (Lipinski definition) is 6. The van der Waals surface area contributed by atoms with Gasteiger partial charge in [-0.2, -0.15) is 4.31 Å². The molecule has 33 heavy (non-hydrogen) atoms. The van der Waals surface area contributed by atoms with Crippen molar-refractivity contribution >= 4 is 27.6 Å². The van der Waals surface area contributed by atoms with Crippen LogP contribution in [0.15, 0.2) is 47.4 Å². The number of nitrogens with zero attached hydrogens (tertiary/aromatic N) is 3. The second-order valence-electron chi connectivity index (χ2n) is 7.95. The average molecular weight is 476 g/mol. The largest absolute Gasteiger partial charge is 0.452 e. The molecule has 0 unspecified atom stereocenters. The van der Waals surface area contributed by atoms with E-state index in [1.165, 1.54) is 21.3 Å². The second-order valence-corrected chi connectivity index (χ2v) is 9.89. The number of amides is 1. The molecule has 2 rings (SSSR count). The minimum Gasteiger partial charge on any atom is -0.452 e. The van der Waals surface area contributed by atoms with Gasteiger partial charge in [0.1, 0.15) is 0 Å². The van der Waals surface area contributed by atoms with Crippen LogP contribution in [-0.4, -0.2) is 70.3 Å². The van der Waals surface area contributed by atoms with Gasteiger partial charge in [0.15, 0.2) is 6.61 Å². The molecule has 0 N–H and O–H groups in total. The molecule has 9 heteroatoms. The summed E-state index contributed by atoms with van der Waals surface area (Å²) in [5.41, 5.74) is 2.70. The molecule has 2 aromatic carbocycles. The monoisotopic (exact) mass is 475 g/mol. The zero-order chi connectivity index (χ0) is 24.8. The molecule has 0 aliphatic rings. The third-order valence-electron chi connectivity index (χ3n) is 5.40. The Morgan fingerprint density at radius 1 is 0.939 bits per heavy atom. The van der Waals surface area contributed by atoms with Crippen LogP contribution in [0.3, 0.4) is 0 Å². The first kappa shape index (κ1) is 26.3. The zero-order valence-electron chi connectivity index (χ0n) is 20.2. The first-order valence-electron chi connectivity index (χ1n) is 10.8. The summed E-state index contributed by atoms with van der Waals surface area (Å²) in [5, 5.41) is 0. The average Bonchev–Trinajstić information content (AvgIpc) is 2.78. The number of sulfonamides is 1. The highest BCUT2D eigenvalue weighted by Crippen LogP contribution is 2.20. The van der Waals surface area contributed by atoms with Crippen LogP contribution in [0.2, 0.25) is 0 Å². The van der Waals surface area contributed by atoms with E-state index in [0.717, 1.165) is 11.3 Å². The van der Waals surface area contributed by atoms with Crippen molar-refractivity contribution < 1.29 is 22.7 Å². The summed E-state index contributed by atoms with van der Waals surface area (Å²) in [6, 6.07) is 12.2. The lowest BCUT2D eigenvalue weighted by molar-refractivity contribution is -0.133. The highest BCUT2D eigenvalue weighted by Gasteiger charge is 2.24. The van der Waals surface area contributed by atoms with Crippen LogP contribution in [-0.2, 0) is 26.1 Å². The van der Waals surface area contributed by atoms with Crippen molar-refractivity contribution in [2.24, 2.45) is 0 Å². The molecule has 0 saturated carbocycles. The van der Waals surface area contributed by atoms with Gasteiger partial charge in [-0.25, -0.2) is 13.2 Å². The van der Waals surface area contributed by atoms with E-state index in [1.807, 2.05) is 43.3 Å². The van der Waals surface area contributed by atoms with Gasteiger partial charge in [-0.3, -0.25) is 4.79 Å². The van der Waals surface area contributed by atoms with Crippen LogP contribution < -0.4 is 4.90 Å². The fraction of sp³-hybridized carbons (Fsp3) is 0.417. The van der Waals surface area contributed by atoms with E-state index in [1.54, 1.807) is 33.9 Å². The number of carbonyl (C=O) groups excluding carboxylic acids is 2. The van der Waals surface area contributed by atoms with Crippen LogP contribution in [0.5, 0.6) is 0 Å². The Bertz CT molecular complexity index is 1080.